The van der Waals surface area contributed by atoms with Gasteiger partial charge in [0.1, 0.15) is 17.6 Å². The van der Waals surface area contributed by atoms with Crippen molar-refractivity contribution in [1.82, 2.24) is 0 Å². The van der Waals surface area contributed by atoms with Crippen LogP contribution in [0.4, 0.5) is 0 Å². The smallest absolute Gasteiger partial charge is 0.341 e. The average Bonchev–Trinajstić information content (AvgIpc) is 3.07. The summed E-state index contributed by atoms with van der Waals surface area (Å²) in [7, 11) is 0. The van der Waals surface area contributed by atoms with Gasteiger partial charge in [0.05, 0.1) is 13.2 Å². The third-order valence-corrected chi connectivity index (χ3v) is 3.84. The molecule has 1 N–H and O–H groups in total. The molecule has 3 rings (SSSR count). The molecule has 1 aliphatic rings. The molecular formula is C19H20O5. The van der Waals surface area contributed by atoms with E-state index < -0.39 is 5.97 Å². The highest BCUT2D eigenvalue weighted by molar-refractivity contribution is 5.73. The molecule has 5 heteroatoms. The van der Waals surface area contributed by atoms with Crippen LogP contribution in [0.2, 0.25) is 0 Å². The van der Waals surface area contributed by atoms with Crippen LogP contribution < -0.4 is 9.47 Å². The van der Waals surface area contributed by atoms with Gasteiger partial charge in [0.15, 0.2) is 6.61 Å². The van der Waals surface area contributed by atoms with Gasteiger partial charge in [0.25, 0.3) is 0 Å². The van der Waals surface area contributed by atoms with Gasteiger partial charge in [-0.15, -0.1) is 0 Å². The van der Waals surface area contributed by atoms with E-state index in [-0.39, 0.29) is 12.7 Å². The Balaban J connectivity index is 1.79. The number of benzene rings is 2. The third-order valence-electron chi connectivity index (χ3n) is 3.84. The second-order valence-corrected chi connectivity index (χ2v) is 5.81. The SMILES string of the molecule is Cc1ccc(OCC(=O)O)c(-c2ccc(OC3CCOC3)cc2)c1. The Morgan fingerprint density at radius 3 is 2.71 bits per heavy atom. The number of carboxylic acid groups (broad SMARTS) is 1. The number of aryl methyl sites for hydroxylation is 1. The van der Waals surface area contributed by atoms with Crippen LogP contribution in [0.3, 0.4) is 0 Å². The van der Waals surface area contributed by atoms with Crippen molar-refractivity contribution in [2.24, 2.45) is 0 Å². The van der Waals surface area contributed by atoms with Gasteiger partial charge in [-0.05, 0) is 36.8 Å². The Hall–Kier alpha value is -2.53. The standard InChI is InChI=1S/C19H20O5/c1-13-2-7-18(23-12-19(20)21)17(10-13)14-3-5-15(6-4-14)24-16-8-9-22-11-16/h2-7,10,16H,8-9,11-12H2,1H3,(H,20,21). The number of carboxylic acids is 1. The fourth-order valence-electron chi connectivity index (χ4n) is 2.65. The Bertz CT molecular complexity index is 702. The molecule has 0 bridgehead atoms. The number of hydrogen-bond acceptors (Lipinski definition) is 4. The lowest BCUT2D eigenvalue weighted by Crippen LogP contribution is -2.15. The highest BCUT2D eigenvalue weighted by Crippen LogP contribution is 2.32. The molecule has 1 aliphatic heterocycles. The fraction of sp³-hybridized carbons (Fsp3) is 0.316. The summed E-state index contributed by atoms with van der Waals surface area (Å²) in [6.45, 7) is 3.00. The molecule has 24 heavy (non-hydrogen) atoms. The predicted octanol–water partition coefficient (Wildman–Crippen LogP) is 3.29. The zero-order valence-corrected chi connectivity index (χ0v) is 13.5. The summed E-state index contributed by atoms with van der Waals surface area (Å²) >= 11 is 0. The lowest BCUT2D eigenvalue weighted by molar-refractivity contribution is -0.139. The predicted molar refractivity (Wildman–Crippen MR) is 89.6 cm³/mol. The minimum atomic E-state index is -0.996. The van der Waals surface area contributed by atoms with Crippen molar-refractivity contribution in [3.8, 4) is 22.6 Å². The molecule has 0 radical (unpaired) electrons. The van der Waals surface area contributed by atoms with E-state index in [9.17, 15) is 4.79 Å². The first-order valence-corrected chi connectivity index (χ1v) is 7.92. The van der Waals surface area contributed by atoms with E-state index in [2.05, 4.69) is 0 Å². The first-order valence-electron chi connectivity index (χ1n) is 7.92. The molecule has 1 atom stereocenters. The fourth-order valence-corrected chi connectivity index (χ4v) is 2.65. The zero-order chi connectivity index (χ0) is 16.9. The van der Waals surface area contributed by atoms with Gasteiger partial charge >= 0.3 is 5.97 Å². The molecule has 5 nitrogen and oxygen atoms in total. The van der Waals surface area contributed by atoms with E-state index in [1.807, 2.05) is 43.3 Å². The van der Waals surface area contributed by atoms with E-state index >= 15 is 0 Å². The number of aliphatic carboxylic acids is 1. The second kappa shape index (κ2) is 7.36. The van der Waals surface area contributed by atoms with Crippen molar-refractivity contribution in [3.63, 3.8) is 0 Å². The van der Waals surface area contributed by atoms with E-state index in [4.69, 9.17) is 19.3 Å². The molecule has 0 amide bonds. The van der Waals surface area contributed by atoms with Crippen molar-refractivity contribution >= 4 is 5.97 Å². The van der Waals surface area contributed by atoms with Crippen molar-refractivity contribution in [3.05, 3.63) is 48.0 Å². The molecular weight excluding hydrogens is 308 g/mol. The molecule has 1 heterocycles. The average molecular weight is 328 g/mol. The van der Waals surface area contributed by atoms with Crippen LogP contribution in [0.25, 0.3) is 11.1 Å². The van der Waals surface area contributed by atoms with Gasteiger partial charge in [-0.2, -0.15) is 0 Å². The Morgan fingerprint density at radius 2 is 2.04 bits per heavy atom. The molecule has 2 aromatic carbocycles. The number of carbonyl (C=O) groups is 1. The minimum absolute atomic E-state index is 0.115. The normalized spacial score (nSPS) is 16.8. The number of ether oxygens (including phenoxy) is 3. The number of hydrogen-bond donors (Lipinski definition) is 1. The maximum absolute atomic E-state index is 10.7. The molecule has 0 saturated carbocycles. The minimum Gasteiger partial charge on any atom is -0.488 e. The van der Waals surface area contributed by atoms with E-state index in [0.717, 1.165) is 35.5 Å². The summed E-state index contributed by atoms with van der Waals surface area (Å²) in [5.41, 5.74) is 2.90. The van der Waals surface area contributed by atoms with Gasteiger partial charge in [0.2, 0.25) is 0 Å². The summed E-state index contributed by atoms with van der Waals surface area (Å²) in [6.07, 6.45) is 1.02. The topological polar surface area (TPSA) is 65.0 Å². The molecule has 0 aromatic heterocycles. The van der Waals surface area contributed by atoms with Crippen LogP contribution in [-0.4, -0.2) is 37.0 Å². The lowest BCUT2D eigenvalue weighted by atomic mass is 10.0. The van der Waals surface area contributed by atoms with Crippen LogP contribution in [-0.2, 0) is 9.53 Å². The molecule has 2 aromatic rings. The largest absolute Gasteiger partial charge is 0.488 e. The van der Waals surface area contributed by atoms with Crippen molar-refractivity contribution in [2.45, 2.75) is 19.4 Å². The van der Waals surface area contributed by atoms with Crippen LogP contribution in [0.5, 0.6) is 11.5 Å². The summed E-state index contributed by atoms with van der Waals surface area (Å²) in [5, 5.41) is 8.81. The van der Waals surface area contributed by atoms with Crippen molar-refractivity contribution < 1.29 is 24.1 Å². The van der Waals surface area contributed by atoms with Gasteiger partial charge < -0.3 is 19.3 Å². The molecule has 1 fully saturated rings. The van der Waals surface area contributed by atoms with Gasteiger partial charge in [-0.25, -0.2) is 4.79 Å². The summed E-state index contributed by atoms with van der Waals surface area (Å²) in [4.78, 5) is 10.7. The lowest BCUT2D eigenvalue weighted by Gasteiger charge is -2.14. The van der Waals surface area contributed by atoms with E-state index in [0.29, 0.717) is 12.4 Å². The number of rotatable bonds is 6. The Kier molecular flexibility index (Phi) is 5.01. The first-order chi connectivity index (χ1) is 11.6. The second-order valence-electron chi connectivity index (χ2n) is 5.81. The van der Waals surface area contributed by atoms with E-state index in [1.54, 1.807) is 6.07 Å². The van der Waals surface area contributed by atoms with Crippen LogP contribution >= 0.6 is 0 Å². The Morgan fingerprint density at radius 1 is 1.25 bits per heavy atom. The quantitative estimate of drug-likeness (QED) is 0.881. The van der Waals surface area contributed by atoms with Gasteiger partial charge in [-0.1, -0.05) is 23.8 Å². The first kappa shape index (κ1) is 16.3. The van der Waals surface area contributed by atoms with Crippen LogP contribution in [0.15, 0.2) is 42.5 Å². The monoisotopic (exact) mass is 328 g/mol. The third kappa shape index (κ3) is 4.06. The summed E-state index contributed by atoms with van der Waals surface area (Å²) < 4.78 is 16.6. The zero-order valence-electron chi connectivity index (χ0n) is 13.5. The molecule has 0 spiro atoms. The van der Waals surface area contributed by atoms with E-state index in [1.165, 1.54) is 0 Å². The molecule has 0 aliphatic carbocycles. The Labute approximate surface area is 140 Å². The van der Waals surface area contributed by atoms with Crippen LogP contribution in [0, 0.1) is 6.92 Å². The summed E-state index contributed by atoms with van der Waals surface area (Å²) in [6, 6.07) is 13.4. The molecule has 1 saturated heterocycles. The van der Waals surface area contributed by atoms with Gasteiger partial charge in [0, 0.05) is 12.0 Å². The highest BCUT2D eigenvalue weighted by atomic mass is 16.5. The van der Waals surface area contributed by atoms with Gasteiger partial charge in [-0.3, -0.25) is 0 Å². The maximum Gasteiger partial charge on any atom is 0.341 e. The van der Waals surface area contributed by atoms with Crippen molar-refractivity contribution in [1.29, 1.82) is 0 Å². The highest BCUT2D eigenvalue weighted by Gasteiger charge is 2.17. The van der Waals surface area contributed by atoms with Crippen molar-refractivity contribution in [2.75, 3.05) is 19.8 Å². The molecule has 126 valence electrons. The van der Waals surface area contributed by atoms with Crippen LogP contribution in [0.1, 0.15) is 12.0 Å². The summed E-state index contributed by atoms with van der Waals surface area (Å²) in [5.74, 6) is 0.361. The molecule has 1 unspecified atom stereocenters. The maximum atomic E-state index is 10.7.